The van der Waals surface area contributed by atoms with Crippen molar-refractivity contribution < 1.29 is 4.39 Å². The number of nitrogens with zero attached hydrogens (tertiary/aromatic N) is 1. The predicted octanol–water partition coefficient (Wildman–Crippen LogP) is 1.62. The van der Waals surface area contributed by atoms with E-state index in [4.69, 9.17) is 0 Å². The quantitative estimate of drug-likeness (QED) is 0.812. The van der Waals surface area contributed by atoms with Gasteiger partial charge in [0.25, 0.3) is 0 Å². The molecular weight excluding hydrogens is 191 g/mol. The van der Waals surface area contributed by atoms with E-state index in [1.807, 2.05) is 12.1 Å². The first-order chi connectivity index (χ1) is 7.27. The van der Waals surface area contributed by atoms with Crippen LogP contribution in [0.3, 0.4) is 0 Å². The summed E-state index contributed by atoms with van der Waals surface area (Å²) in [5, 5.41) is 3.32. The van der Waals surface area contributed by atoms with Gasteiger partial charge < -0.3 is 5.32 Å². The molecule has 0 radical (unpaired) electrons. The monoisotopic (exact) mass is 208 g/mol. The number of halogens is 1. The molecule has 1 aliphatic rings. The van der Waals surface area contributed by atoms with Crippen LogP contribution in [0.4, 0.5) is 4.39 Å². The molecule has 1 atom stereocenters. The molecule has 0 spiro atoms. The highest BCUT2D eigenvalue weighted by Crippen LogP contribution is 2.13. The van der Waals surface area contributed by atoms with Gasteiger partial charge in [0.05, 0.1) is 0 Å². The molecular formula is C12H17FN2. The Hall–Kier alpha value is -0.930. The highest BCUT2D eigenvalue weighted by molar-refractivity contribution is 5.17. The molecule has 1 unspecified atom stereocenters. The number of hydrogen-bond acceptors (Lipinski definition) is 2. The standard InChI is InChI=1S/C12H17FN2/c1-15(11-6-7-14-8-11)9-10-4-2-3-5-12(10)13/h2-5,11,14H,6-9H2,1H3. The van der Waals surface area contributed by atoms with Gasteiger partial charge in [-0.2, -0.15) is 0 Å². The summed E-state index contributed by atoms with van der Waals surface area (Å²) in [6.45, 7) is 2.79. The van der Waals surface area contributed by atoms with Gasteiger partial charge in [-0.1, -0.05) is 18.2 Å². The summed E-state index contributed by atoms with van der Waals surface area (Å²) < 4.78 is 13.4. The third kappa shape index (κ3) is 2.55. The van der Waals surface area contributed by atoms with Crippen LogP contribution >= 0.6 is 0 Å². The van der Waals surface area contributed by atoms with E-state index in [1.165, 1.54) is 6.07 Å². The lowest BCUT2D eigenvalue weighted by molar-refractivity contribution is 0.245. The second kappa shape index (κ2) is 4.73. The van der Waals surface area contributed by atoms with E-state index < -0.39 is 0 Å². The first kappa shape index (κ1) is 10.6. The zero-order chi connectivity index (χ0) is 10.7. The smallest absolute Gasteiger partial charge is 0.127 e. The first-order valence-corrected chi connectivity index (χ1v) is 5.42. The van der Waals surface area contributed by atoms with Gasteiger partial charge in [0, 0.05) is 24.7 Å². The molecule has 2 nitrogen and oxygen atoms in total. The van der Waals surface area contributed by atoms with E-state index in [1.54, 1.807) is 6.07 Å². The third-order valence-electron chi connectivity index (χ3n) is 3.04. The second-order valence-electron chi connectivity index (χ2n) is 4.15. The Bertz CT molecular complexity index is 321. The Morgan fingerprint density at radius 3 is 2.93 bits per heavy atom. The maximum Gasteiger partial charge on any atom is 0.127 e. The summed E-state index contributed by atoms with van der Waals surface area (Å²) in [4.78, 5) is 2.22. The van der Waals surface area contributed by atoms with Crippen molar-refractivity contribution in [2.75, 3.05) is 20.1 Å². The van der Waals surface area contributed by atoms with Crippen molar-refractivity contribution in [2.45, 2.75) is 19.0 Å². The van der Waals surface area contributed by atoms with E-state index in [0.29, 0.717) is 12.6 Å². The molecule has 1 aromatic rings. The summed E-state index contributed by atoms with van der Waals surface area (Å²) in [5.41, 5.74) is 0.784. The predicted molar refractivity (Wildman–Crippen MR) is 59.1 cm³/mol. The Kier molecular flexibility index (Phi) is 3.34. The molecule has 0 saturated carbocycles. The lowest BCUT2D eigenvalue weighted by Crippen LogP contribution is -2.33. The molecule has 1 fully saturated rings. The Labute approximate surface area is 90.1 Å². The van der Waals surface area contributed by atoms with Gasteiger partial charge in [-0.25, -0.2) is 4.39 Å². The van der Waals surface area contributed by atoms with Crippen LogP contribution in [0.25, 0.3) is 0 Å². The van der Waals surface area contributed by atoms with Crippen LogP contribution in [0.5, 0.6) is 0 Å². The van der Waals surface area contributed by atoms with Gasteiger partial charge in [0.15, 0.2) is 0 Å². The lowest BCUT2D eigenvalue weighted by atomic mass is 10.1. The molecule has 1 saturated heterocycles. The summed E-state index contributed by atoms with van der Waals surface area (Å²) in [7, 11) is 2.06. The number of benzene rings is 1. The maximum absolute atomic E-state index is 13.4. The van der Waals surface area contributed by atoms with Gasteiger partial charge in [-0.3, -0.25) is 4.90 Å². The van der Waals surface area contributed by atoms with Gasteiger partial charge in [-0.15, -0.1) is 0 Å². The number of nitrogens with one attached hydrogen (secondary N) is 1. The van der Waals surface area contributed by atoms with Crippen molar-refractivity contribution >= 4 is 0 Å². The van der Waals surface area contributed by atoms with Crippen LogP contribution in [-0.4, -0.2) is 31.1 Å². The van der Waals surface area contributed by atoms with Crippen molar-refractivity contribution in [3.8, 4) is 0 Å². The van der Waals surface area contributed by atoms with Crippen molar-refractivity contribution in [1.82, 2.24) is 10.2 Å². The molecule has 15 heavy (non-hydrogen) atoms. The Morgan fingerprint density at radius 1 is 1.47 bits per heavy atom. The van der Waals surface area contributed by atoms with E-state index in [0.717, 1.165) is 25.1 Å². The highest BCUT2D eigenvalue weighted by atomic mass is 19.1. The van der Waals surface area contributed by atoms with Crippen LogP contribution in [0, 0.1) is 5.82 Å². The van der Waals surface area contributed by atoms with E-state index in [-0.39, 0.29) is 5.82 Å². The normalized spacial score (nSPS) is 21.1. The molecule has 1 aromatic carbocycles. The SMILES string of the molecule is CN(Cc1ccccc1F)C1CCNC1. The minimum absolute atomic E-state index is 0.102. The fourth-order valence-electron chi connectivity index (χ4n) is 2.04. The minimum Gasteiger partial charge on any atom is -0.315 e. The Balaban J connectivity index is 1.99. The van der Waals surface area contributed by atoms with E-state index in [9.17, 15) is 4.39 Å². The summed E-state index contributed by atoms with van der Waals surface area (Å²) >= 11 is 0. The first-order valence-electron chi connectivity index (χ1n) is 5.42. The van der Waals surface area contributed by atoms with Crippen molar-refractivity contribution in [3.63, 3.8) is 0 Å². The summed E-state index contributed by atoms with van der Waals surface area (Å²) in [6.07, 6.45) is 1.16. The molecule has 0 aromatic heterocycles. The van der Waals surface area contributed by atoms with E-state index in [2.05, 4.69) is 17.3 Å². The summed E-state index contributed by atoms with van der Waals surface area (Å²) in [6, 6.07) is 7.55. The average Bonchev–Trinajstić information content (AvgIpc) is 2.74. The van der Waals surface area contributed by atoms with Crippen LogP contribution in [0.2, 0.25) is 0 Å². The zero-order valence-electron chi connectivity index (χ0n) is 9.04. The highest BCUT2D eigenvalue weighted by Gasteiger charge is 2.19. The largest absolute Gasteiger partial charge is 0.315 e. The summed E-state index contributed by atoms with van der Waals surface area (Å²) in [5.74, 6) is -0.102. The fourth-order valence-corrected chi connectivity index (χ4v) is 2.04. The van der Waals surface area contributed by atoms with Crippen LogP contribution in [0.15, 0.2) is 24.3 Å². The van der Waals surface area contributed by atoms with E-state index >= 15 is 0 Å². The fraction of sp³-hybridized carbons (Fsp3) is 0.500. The van der Waals surface area contributed by atoms with Crippen molar-refractivity contribution in [1.29, 1.82) is 0 Å². The van der Waals surface area contributed by atoms with Gasteiger partial charge in [0.2, 0.25) is 0 Å². The number of hydrogen-bond donors (Lipinski definition) is 1. The number of likely N-dealkylation sites (N-methyl/N-ethyl adjacent to an activating group) is 1. The lowest BCUT2D eigenvalue weighted by Gasteiger charge is -2.23. The molecule has 1 heterocycles. The molecule has 82 valence electrons. The average molecular weight is 208 g/mol. The molecule has 1 N–H and O–H groups in total. The minimum atomic E-state index is -0.102. The molecule has 3 heteroatoms. The third-order valence-corrected chi connectivity index (χ3v) is 3.04. The van der Waals surface area contributed by atoms with Crippen molar-refractivity contribution in [3.05, 3.63) is 35.6 Å². The van der Waals surface area contributed by atoms with Crippen LogP contribution < -0.4 is 5.32 Å². The zero-order valence-corrected chi connectivity index (χ0v) is 9.04. The van der Waals surface area contributed by atoms with Crippen LogP contribution in [0.1, 0.15) is 12.0 Å². The number of rotatable bonds is 3. The van der Waals surface area contributed by atoms with Gasteiger partial charge >= 0.3 is 0 Å². The molecule has 1 aliphatic heterocycles. The van der Waals surface area contributed by atoms with Crippen LogP contribution in [-0.2, 0) is 6.54 Å². The molecule has 0 bridgehead atoms. The van der Waals surface area contributed by atoms with Crippen molar-refractivity contribution in [2.24, 2.45) is 0 Å². The Morgan fingerprint density at radius 2 is 2.27 bits per heavy atom. The van der Waals surface area contributed by atoms with Gasteiger partial charge in [0.1, 0.15) is 5.82 Å². The topological polar surface area (TPSA) is 15.3 Å². The second-order valence-corrected chi connectivity index (χ2v) is 4.15. The molecule has 2 rings (SSSR count). The van der Waals surface area contributed by atoms with Gasteiger partial charge in [-0.05, 0) is 26.1 Å². The molecule has 0 aliphatic carbocycles. The molecule has 0 amide bonds. The maximum atomic E-state index is 13.4.